The van der Waals surface area contributed by atoms with Gasteiger partial charge in [0.15, 0.2) is 0 Å². The van der Waals surface area contributed by atoms with Gasteiger partial charge in [0.2, 0.25) is 0 Å². The maximum absolute atomic E-state index is 5.88. The minimum atomic E-state index is 0.319. The average Bonchev–Trinajstić information content (AvgIpc) is 3.08. The molecule has 1 fully saturated rings. The Bertz CT molecular complexity index is 563. The smallest absolute Gasteiger partial charge is 0.0346 e. The Morgan fingerprint density at radius 3 is 2.70 bits per heavy atom. The van der Waals surface area contributed by atoms with E-state index in [1.165, 1.54) is 28.3 Å². The van der Waals surface area contributed by atoms with Crippen LogP contribution < -0.4 is 5.73 Å². The lowest BCUT2D eigenvalue weighted by Crippen LogP contribution is -2.30. The molecule has 1 saturated heterocycles. The van der Waals surface area contributed by atoms with E-state index >= 15 is 0 Å². The van der Waals surface area contributed by atoms with Gasteiger partial charge in [0, 0.05) is 22.8 Å². The van der Waals surface area contributed by atoms with Gasteiger partial charge in [-0.1, -0.05) is 37.3 Å². The minimum absolute atomic E-state index is 0.319. The Hall–Kier alpha value is -1.16. The third-order valence-electron chi connectivity index (χ3n) is 4.23. The number of rotatable bonds is 4. The largest absolute Gasteiger partial charge is 0.330 e. The van der Waals surface area contributed by atoms with Crippen molar-refractivity contribution in [2.24, 2.45) is 11.1 Å². The molecule has 2 nitrogen and oxygen atoms in total. The summed E-state index contributed by atoms with van der Waals surface area (Å²) >= 11 is 1.91. The first-order chi connectivity index (χ1) is 9.68. The second-order valence-corrected chi connectivity index (χ2v) is 7.28. The highest BCUT2D eigenvalue weighted by atomic mass is 32.1. The third kappa shape index (κ3) is 2.95. The van der Waals surface area contributed by atoms with Crippen molar-refractivity contribution in [3.63, 3.8) is 0 Å². The first-order valence-electron chi connectivity index (χ1n) is 7.25. The van der Waals surface area contributed by atoms with Gasteiger partial charge in [-0.15, -0.1) is 11.3 Å². The Balaban J connectivity index is 1.67. The highest BCUT2D eigenvalue weighted by Crippen LogP contribution is 2.32. The van der Waals surface area contributed by atoms with E-state index in [1.54, 1.807) is 0 Å². The molecule has 2 N–H and O–H groups in total. The van der Waals surface area contributed by atoms with Crippen LogP contribution in [0.4, 0.5) is 0 Å². The molecule has 2 aromatic rings. The normalized spacial score (nSPS) is 23.3. The quantitative estimate of drug-likeness (QED) is 0.930. The molecule has 0 bridgehead atoms. The molecule has 2 heterocycles. The first-order valence-corrected chi connectivity index (χ1v) is 8.07. The molecule has 0 saturated carbocycles. The summed E-state index contributed by atoms with van der Waals surface area (Å²) in [6.07, 6.45) is 1.22. The van der Waals surface area contributed by atoms with Crippen molar-refractivity contribution in [1.29, 1.82) is 0 Å². The van der Waals surface area contributed by atoms with Crippen LogP contribution in [0.5, 0.6) is 0 Å². The van der Waals surface area contributed by atoms with Crippen molar-refractivity contribution in [2.75, 3.05) is 19.6 Å². The molecule has 1 atom stereocenters. The maximum atomic E-state index is 5.88. The highest BCUT2D eigenvalue weighted by molar-refractivity contribution is 7.15. The molecule has 0 amide bonds. The SMILES string of the molecule is CC1(CN)CCN(Cc2ccc(-c3ccccc3)s2)C1. The second-order valence-electron chi connectivity index (χ2n) is 6.11. The fourth-order valence-electron chi connectivity index (χ4n) is 2.87. The zero-order valence-corrected chi connectivity index (χ0v) is 12.8. The first kappa shape index (κ1) is 13.8. The standard InChI is InChI=1S/C17H22N2S/c1-17(12-18)9-10-19(13-17)11-15-7-8-16(20-15)14-5-3-2-4-6-14/h2-8H,9-13,18H2,1H3. The number of nitrogens with two attached hydrogens (primary N) is 1. The van der Waals surface area contributed by atoms with Gasteiger partial charge in [-0.2, -0.15) is 0 Å². The summed E-state index contributed by atoms with van der Waals surface area (Å²) in [5.74, 6) is 0. The summed E-state index contributed by atoms with van der Waals surface area (Å²) in [6.45, 7) is 6.46. The lowest BCUT2D eigenvalue weighted by molar-refractivity contribution is 0.276. The predicted molar refractivity (Wildman–Crippen MR) is 86.8 cm³/mol. The molecule has 1 unspecified atom stereocenters. The topological polar surface area (TPSA) is 29.3 Å². The summed E-state index contributed by atoms with van der Waals surface area (Å²) in [6, 6.07) is 15.1. The fraction of sp³-hybridized carbons (Fsp3) is 0.412. The second kappa shape index (κ2) is 5.68. The van der Waals surface area contributed by atoms with Gasteiger partial charge >= 0.3 is 0 Å². The van der Waals surface area contributed by atoms with E-state index in [0.717, 1.165) is 19.6 Å². The van der Waals surface area contributed by atoms with Gasteiger partial charge in [-0.25, -0.2) is 0 Å². The molecule has 1 aliphatic rings. The summed E-state index contributed by atoms with van der Waals surface area (Å²) in [5, 5.41) is 0. The molecular weight excluding hydrogens is 264 g/mol. The van der Waals surface area contributed by atoms with Crippen molar-refractivity contribution in [2.45, 2.75) is 19.9 Å². The highest BCUT2D eigenvalue weighted by Gasteiger charge is 2.32. The lowest BCUT2D eigenvalue weighted by Gasteiger charge is -2.22. The van der Waals surface area contributed by atoms with Gasteiger partial charge in [-0.05, 0) is 42.6 Å². The van der Waals surface area contributed by atoms with Crippen LogP contribution in [-0.2, 0) is 6.54 Å². The molecule has 0 radical (unpaired) electrons. The molecule has 1 aromatic carbocycles. The van der Waals surface area contributed by atoms with Crippen molar-refractivity contribution < 1.29 is 0 Å². The van der Waals surface area contributed by atoms with Gasteiger partial charge in [0.05, 0.1) is 0 Å². The Kier molecular flexibility index (Phi) is 3.92. The van der Waals surface area contributed by atoms with Crippen LogP contribution in [0.15, 0.2) is 42.5 Å². The number of nitrogens with zero attached hydrogens (tertiary/aromatic N) is 1. The van der Waals surface area contributed by atoms with Crippen molar-refractivity contribution in [3.05, 3.63) is 47.3 Å². The molecule has 0 aliphatic carbocycles. The van der Waals surface area contributed by atoms with Crippen molar-refractivity contribution in [1.82, 2.24) is 4.90 Å². The predicted octanol–water partition coefficient (Wildman–Crippen LogP) is 3.59. The van der Waals surface area contributed by atoms with Crippen molar-refractivity contribution >= 4 is 11.3 Å². The third-order valence-corrected chi connectivity index (χ3v) is 5.35. The van der Waals surface area contributed by atoms with Gasteiger partial charge in [-0.3, -0.25) is 4.90 Å². The summed E-state index contributed by atoms with van der Waals surface area (Å²) in [5.41, 5.74) is 7.52. The summed E-state index contributed by atoms with van der Waals surface area (Å²) in [4.78, 5) is 5.35. The zero-order chi connectivity index (χ0) is 14.0. The van der Waals surface area contributed by atoms with Gasteiger partial charge in [0.1, 0.15) is 0 Å². The molecule has 1 aromatic heterocycles. The van der Waals surface area contributed by atoms with E-state index in [0.29, 0.717) is 5.41 Å². The number of benzene rings is 1. The van der Waals surface area contributed by atoms with Crippen LogP contribution in [0.3, 0.4) is 0 Å². The van der Waals surface area contributed by atoms with E-state index < -0.39 is 0 Å². The summed E-state index contributed by atoms with van der Waals surface area (Å²) in [7, 11) is 0. The Morgan fingerprint density at radius 2 is 2.00 bits per heavy atom. The molecule has 0 spiro atoms. The van der Waals surface area contributed by atoms with Crippen LogP contribution >= 0.6 is 11.3 Å². The average molecular weight is 286 g/mol. The number of likely N-dealkylation sites (tertiary alicyclic amines) is 1. The Labute approximate surface area is 125 Å². The van der Waals surface area contributed by atoms with Crippen LogP contribution in [0, 0.1) is 5.41 Å². The number of hydrogen-bond acceptors (Lipinski definition) is 3. The van der Waals surface area contributed by atoms with E-state index in [-0.39, 0.29) is 0 Å². The van der Waals surface area contributed by atoms with Crippen molar-refractivity contribution in [3.8, 4) is 10.4 Å². The molecule has 106 valence electrons. The van der Waals surface area contributed by atoms with Crippen LogP contribution in [0.25, 0.3) is 10.4 Å². The minimum Gasteiger partial charge on any atom is -0.330 e. The molecule has 20 heavy (non-hydrogen) atoms. The molecular formula is C17H22N2S. The van der Waals surface area contributed by atoms with E-state index in [2.05, 4.69) is 54.3 Å². The number of hydrogen-bond donors (Lipinski definition) is 1. The van der Waals surface area contributed by atoms with Gasteiger partial charge in [0.25, 0.3) is 0 Å². The lowest BCUT2D eigenvalue weighted by atomic mass is 9.90. The van der Waals surface area contributed by atoms with E-state index in [9.17, 15) is 0 Å². The van der Waals surface area contributed by atoms with Crippen LogP contribution in [0.1, 0.15) is 18.2 Å². The monoisotopic (exact) mass is 286 g/mol. The Morgan fingerprint density at radius 1 is 1.20 bits per heavy atom. The maximum Gasteiger partial charge on any atom is 0.0346 e. The molecule has 3 heteroatoms. The van der Waals surface area contributed by atoms with Crippen LogP contribution in [0.2, 0.25) is 0 Å². The summed E-state index contributed by atoms with van der Waals surface area (Å²) < 4.78 is 0. The van der Waals surface area contributed by atoms with E-state index in [4.69, 9.17) is 5.73 Å². The number of thiophene rings is 1. The van der Waals surface area contributed by atoms with Crippen LogP contribution in [-0.4, -0.2) is 24.5 Å². The molecule has 1 aliphatic heterocycles. The van der Waals surface area contributed by atoms with Gasteiger partial charge < -0.3 is 5.73 Å². The molecule has 3 rings (SSSR count). The zero-order valence-electron chi connectivity index (χ0n) is 12.0. The van der Waals surface area contributed by atoms with E-state index in [1.807, 2.05) is 11.3 Å². The fourth-order valence-corrected chi connectivity index (χ4v) is 3.92.